The van der Waals surface area contributed by atoms with Crippen LogP contribution >= 0.6 is 7.82 Å². The van der Waals surface area contributed by atoms with Gasteiger partial charge in [0.05, 0.1) is 25.9 Å². The average Bonchev–Trinajstić information content (AvgIpc) is 3.53. The first-order valence-electron chi connectivity index (χ1n) is 11.3. The monoisotopic (exact) mass is 574 g/mol. The summed E-state index contributed by atoms with van der Waals surface area (Å²) in [4.78, 5) is 57.7. The third-order valence-electron chi connectivity index (χ3n) is 6.25. The van der Waals surface area contributed by atoms with E-state index in [0.717, 1.165) is 29.5 Å². The van der Waals surface area contributed by atoms with Gasteiger partial charge in [-0.25, -0.2) is 19.3 Å². The van der Waals surface area contributed by atoms with Crippen LogP contribution in [-0.2, 0) is 23.1 Å². The van der Waals surface area contributed by atoms with Gasteiger partial charge >= 0.3 is 13.5 Å². The van der Waals surface area contributed by atoms with Gasteiger partial charge in [0, 0.05) is 12.3 Å². The number of aromatic amines is 2. The number of aromatic nitrogens is 6. The fourth-order valence-corrected chi connectivity index (χ4v) is 5.32. The number of phosphoric acid groups is 1. The zero-order valence-electron chi connectivity index (χ0n) is 19.6. The summed E-state index contributed by atoms with van der Waals surface area (Å²) < 4.78 is 35.7. The first-order chi connectivity index (χ1) is 18.5. The topological polar surface area (TPSA) is 274 Å². The van der Waals surface area contributed by atoms with E-state index in [2.05, 4.69) is 15.0 Å². The lowest BCUT2D eigenvalue weighted by atomic mass is 10.1. The van der Waals surface area contributed by atoms with Crippen molar-refractivity contribution >= 4 is 19.0 Å². The summed E-state index contributed by atoms with van der Waals surface area (Å²) >= 11 is 0. The van der Waals surface area contributed by atoms with Crippen molar-refractivity contribution in [3.8, 4) is 0 Å². The zero-order chi connectivity index (χ0) is 28.1. The Labute approximate surface area is 215 Å². The molecule has 9 unspecified atom stereocenters. The van der Waals surface area contributed by atoms with Crippen molar-refractivity contribution in [2.24, 2.45) is 0 Å². The summed E-state index contributed by atoms with van der Waals surface area (Å²) in [6, 6.07) is 0.990. The molecule has 5 heterocycles. The Bertz CT molecular complexity index is 1570. The highest BCUT2D eigenvalue weighted by atomic mass is 31.2. The summed E-state index contributed by atoms with van der Waals surface area (Å²) in [6.07, 6.45) is -8.84. The first kappa shape index (κ1) is 27.5. The number of phosphoric ester groups is 1. The minimum Gasteiger partial charge on any atom is -0.394 e. The molecule has 5 rings (SSSR count). The van der Waals surface area contributed by atoms with Gasteiger partial charge in [-0.15, -0.1) is 0 Å². The lowest BCUT2D eigenvalue weighted by Gasteiger charge is -2.23. The number of ether oxygens (including phenoxy) is 2. The van der Waals surface area contributed by atoms with Crippen LogP contribution < -0.4 is 16.8 Å². The number of fused-ring (bicyclic) bond motifs is 1. The Morgan fingerprint density at radius 1 is 1.03 bits per heavy atom. The summed E-state index contributed by atoms with van der Waals surface area (Å²) in [5.41, 5.74) is -2.21. The number of aliphatic hydroxyl groups excluding tert-OH is 4. The quantitative estimate of drug-likeness (QED) is 0.126. The molecule has 3 aromatic heterocycles. The Kier molecular flexibility index (Phi) is 7.37. The van der Waals surface area contributed by atoms with Crippen LogP contribution in [0.3, 0.4) is 0 Å². The van der Waals surface area contributed by atoms with E-state index in [-0.39, 0.29) is 11.2 Å². The van der Waals surface area contributed by atoms with E-state index in [9.17, 15) is 44.3 Å². The minimum atomic E-state index is -5.03. The van der Waals surface area contributed by atoms with Gasteiger partial charge in [0.1, 0.15) is 36.6 Å². The van der Waals surface area contributed by atoms with E-state index in [1.807, 2.05) is 4.98 Å². The second-order valence-electron chi connectivity index (χ2n) is 8.69. The zero-order valence-corrected chi connectivity index (χ0v) is 20.5. The number of hydrogen-bond acceptors (Lipinski definition) is 14. The predicted molar refractivity (Wildman–Crippen MR) is 123 cm³/mol. The van der Waals surface area contributed by atoms with Crippen molar-refractivity contribution in [2.45, 2.75) is 49.1 Å². The molecule has 212 valence electrons. The third-order valence-corrected chi connectivity index (χ3v) is 7.23. The number of aliphatic hydroxyl groups is 4. The van der Waals surface area contributed by atoms with E-state index in [0.29, 0.717) is 0 Å². The van der Waals surface area contributed by atoms with E-state index in [4.69, 9.17) is 18.5 Å². The second kappa shape index (κ2) is 10.5. The highest BCUT2D eigenvalue weighted by Gasteiger charge is 2.50. The average molecular weight is 574 g/mol. The normalized spacial score (nSPS) is 32.5. The van der Waals surface area contributed by atoms with Gasteiger partial charge in [0.25, 0.3) is 11.1 Å². The van der Waals surface area contributed by atoms with E-state index in [1.165, 1.54) is 4.57 Å². The second-order valence-corrected chi connectivity index (χ2v) is 10.1. The maximum atomic E-state index is 12.7. The Morgan fingerprint density at radius 3 is 2.46 bits per heavy atom. The Morgan fingerprint density at radius 2 is 1.74 bits per heavy atom. The molecule has 0 bridgehead atoms. The number of H-pyrrole nitrogens is 2. The molecule has 7 N–H and O–H groups in total. The van der Waals surface area contributed by atoms with Crippen LogP contribution in [0.1, 0.15) is 12.5 Å². The summed E-state index contributed by atoms with van der Waals surface area (Å²) in [7, 11) is -5.03. The van der Waals surface area contributed by atoms with Crippen LogP contribution in [0, 0.1) is 0 Å². The maximum Gasteiger partial charge on any atom is 0.472 e. The van der Waals surface area contributed by atoms with Gasteiger partial charge in [-0.3, -0.25) is 32.8 Å². The number of hydrogen-bond donors (Lipinski definition) is 7. The molecular formula is C19H23N6O13P. The Balaban J connectivity index is 1.27. The molecule has 2 saturated heterocycles. The van der Waals surface area contributed by atoms with Gasteiger partial charge < -0.3 is 39.8 Å². The van der Waals surface area contributed by atoms with Crippen LogP contribution in [0.2, 0.25) is 0 Å². The Hall–Kier alpha value is -3.10. The SMILES string of the molecule is O=c1ccn(C2OC(COP(=O)(O)OC3C(CO)OC(n4cnc5c(=O)[nH]cnc54)C3O)C(O)C2O)c(=O)[nH]1. The largest absolute Gasteiger partial charge is 0.472 e. The van der Waals surface area contributed by atoms with Crippen molar-refractivity contribution in [2.75, 3.05) is 13.2 Å². The summed E-state index contributed by atoms with van der Waals surface area (Å²) in [6.45, 7) is -1.55. The van der Waals surface area contributed by atoms with E-state index < -0.39 is 86.9 Å². The number of rotatable bonds is 8. The van der Waals surface area contributed by atoms with Crippen molar-refractivity contribution in [1.82, 2.24) is 29.1 Å². The molecule has 0 amide bonds. The fraction of sp³-hybridized carbons (Fsp3) is 0.526. The molecule has 0 radical (unpaired) electrons. The number of nitrogens with zero attached hydrogens (tertiary/aromatic N) is 4. The standard InChI is InChI=1S/C19H23N6O13P/c26-3-7-14(13(30)18(36-7)25-6-22-10-15(25)20-5-21-16(10)31)38-39(33,34)35-4-8-11(28)12(29)17(37-8)24-2-1-9(27)23-19(24)32/h1-2,5-8,11-14,17-18,26,28-30H,3-4H2,(H,33,34)(H,20,21,31)(H,23,27,32). The van der Waals surface area contributed by atoms with E-state index >= 15 is 0 Å². The predicted octanol–water partition coefficient (Wildman–Crippen LogP) is -3.96. The van der Waals surface area contributed by atoms with Crippen LogP contribution in [0.4, 0.5) is 0 Å². The first-order valence-corrected chi connectivity index (χ1v) is 12.8. The molecule has 0 aliphatic carbocycles. The molecule has 0 aromatic carbocycles. The molecule has 9 atom stereocenters. The number of imidazole rings is 1. The van der Waals surface area contributed by atoms with Gasteiger partial charge in [-0.05, 0) is 0 Å². The van der Waals surface area contributed by atoms with Crippen molar-refractivity contribution in [3.05, 3.63) is 56.1 Å². The lowest BCUT2D eigenvalue weighted by Crippen LogP contribution is -2.37. The van der Waals surface area contributed by atoms with Crippen LogP contribution in [0.5, 0.6) is 0 Å². The van der Waals surface area contributed by atoms with Crippen molar-refractivity contribution in [1.29, 1.82) is 0 Å². The van der Waals surface area contributed by atoms with E-state index in [1.54, 1.807) is 0 Å². The molecule has 2 aliphatic heterocycles. The minimum absolute atomic E-state index is 0.0330. The molecule has 39 heavy (non-hydrogen) atoms. The lowest BCUT2D eigenvalue weighted by molar-refractivity contribution is -0.0610. The third kappa shape index (κ3) is 5.12. The highest BCUT2D eigenvalue weighted by molar-refractivity contribution is 7.47. The number of nitrogens with one attached hydrogen (secondary N) is 2. The highest BCUT2D eigenvalue weighted by Crippen LogP contribution is 2.49. The van der Waals surface area contributed by atoms with Crippen molar-refractivity contribution < 1.29 is 48.4 Å². The molecule has 3 aromatic rings. The molecule has 20 heteroatoms. The maximum absolute atomic E-state index is 12.7. The molecule has 2 aliphatic rings. The smallest absolute Gasteiger partial charge is 0.394 e. The molecular weight excluding hydrogens is 551 g/mol. The van der Waals surface area contributed by atoms with Gasteiger partial charge in [0.15, 0.2) is 23.6 Å². The van der Waals surface area contributed by atoms with Crippen LogP contribution in [0.15, 0.2) is 39.3 Å². The fourth-order valence-electron chi connectivity index (χ4n) is 4.35. The van der Waals surface area contributed by atoms with Crippen LogP contribution in [0.25, 0.3) is 11.2 Å². The summed E-state index contributed by atoms with van der Waals surface area (Å²) in [5.74, 6) is 0. The molecule has 0 spiro atoms. The van der Waals surface area contributed by atoms with Gasteiger partial charge in [-0.2, -0.15) is 0 Å². The molecule has 19 nitrogen and oxygen atoms in total. The van der Waals surface area contributed by atoms with Gasteiger partial charge in [0.2, 0.25) is 0 Å². The summed E-state index contributed by atoms with van der Waals surface area (Å²) in [5, 5.41) is 41.1. The van der Waals surface area contributed by atoms with Gasteiger partial charge in [-0.1, -0.05) is 0 Å². The molecule has 2 fully saturated rings. The van der Waals surface area contributed by atoms with Crippen LogP contribution in [-0.4, -0.2) is 104 Å². The van der Waals surface area contributed by atoms with Crippen molar-refractivity contribution in [3.63, 3.8) is 0 Å². The molecule has 0 saturated carbocycles.